The van der Waals surface area contributed by atoms with E-state index in [9.17, 15) is 0 Å². The highest BCUT2D eigenvalue weighted by Crippen LogP contribution is 2.34. The number of benzene rings is 1. The van der Waals surface area contributed by atoms with E-state index in [-0.39, 0.29) is 5.84 Å². The Morgan fingerprint density at radius 3 is 2.85 bits per heavy atom. The van der Waals surface area contributed by atoms with Crippen LogP contribution in [-0.2, 0) is 0 Å². The van der Waals surface area contributed by atoms with Gasteiger partial charge in [-0.15, -0.1) is 0 Å². The molecule has 0 saturated carbocycles. The molecule has 2 heterocycles. The number of nitrogens with two attached hydrogens (primary N) is 1. The molecule has 3 aromatic rings. The van der Waals surface area contributed by atoms with E-state index in [2.05, 4.69) is 9.97 Å². The lowest BCUT2D eigenvalue weighted by Gasteiger charge is -2.04. The number of hydrogen-bond acceptors (Lipinski definition) is 5. The first-order valence-electron chi connectivity index (χ1n) is 5.67. The highest BCUT2D eigenvalue weighted by atomic mass is 35.5. The van der Waals surface area contributed by atoms with Crippen molar-refractivity contribution in [3.63, 3.8) is 0 Å². The van der Waals surface area contributed by atoms with Gasteiger partial charge in [-0.25, -0.2) is 9.97 Å². The van der Waals surface area contributed by atoms with E-state index in [1.54, 1.807) is 12.3 Å². The van der Waals surface area contributed by atoms with Crippen molar-refractivity contribution in [3.05, 3.63) is 47.1 Å². The van der Waals surface area contributed by atoms with Crippen molar-refractivity contribution in [2.75, 3.05) is 0 Å². The van der Waals surface area contributed by atoms with Crippen molar-refractivity contribution >= 4 is 40.3 Å². The maximum absolute atomic E-state index is 7.46. The summed E-state index contributed by atoms with van der Waals surface area (Å²) in [6.07, 6.45) is 1.55. The zero-order chi connectivity index (χ0) is 14.1. The fraction of sp³-hybridized carbons (Fsp3) is 0. The average Bonchev–Trinajstić information content (AvgIpc) is 2.83. The molecule has 1 aromatic carbocycles. The van der Waals surface area contributed by atoms with Gasteiger partial charge in [0.05, 0.1) is 5.02 Å². The molecule has 20 heavy (non-hydrogen) atoms. The Kier molecular flexibility index (Phi) is 3.33. The summed E-state index contributed by atoms with van der Waals surface area (Å²) >= 11 is 7.38. The van der Waals surface area contributed by atoms with E-state index in [0.29, 0.717) is 26.4 Å². The normalized spacial score (nSPS) is 10.8. The third-order valence-electron chi connectivity index (χ3n) is 2.61. The molecule has 0 aliphatic rings. The number of nitrogens with zero attached hydrogens (tertiary/aromatic N) is 2. The molecule has 0 radical (unpaired) electrons. The number of aromatic nitrogens is 2. The number of oxazole rings is 1. The number of pyridine rings is 1. The molecule has 100 valence electrons. The maximum Gasteiger partial charge on any atom is 0.263 e. The van der Waals surface area contributed by atoms with Crippen LogP contribution in [0.5, 0.6) is 0 Å². The Balaban J connectivity index is 1.98. The second kappa shape index (κ2) is 5.15. The lowest BCUT2D eigenvalue weighted by atomic mass is 10.2. The second-order valence-electron chi connectivity index (χ2n) is 3.94. The molecule has 2 aromatic heterocycles. The van der Waals surface area contributed by atoms with Gasteiger partial charge in [0.1, 0.15) is 16.4 Å². The van der Waals surface area contributed by atoms with Crippen LogP contribution in [0.2, 0.25) is 5.02 Å². The molecule has 0 unspecified atom stereocenters. The molecule has 3 rings (SSSR count). The van der Waals surface area contributed by atoms with Crippen LogP contribution in [0.25, 0.3) is 11.1 Å². The van der Waals surface area contributed by atoms with Gasteiger partial charge in [0.15, 0.2) is 5.58 Å². The molecule has 0 aliphatic heterocycles. The zero-order valence-corrected chi connectivity index (χ0v) is 11.7. The Bertz CT molecular complexity index is 769. The van der Waals surface area contributed by atoms with Gasteiger partial charge < -0.3 is 10.2 Å². The van der Waals surface area contributed by atoms with Crippen molar-refractivity contribution in [3.8, 4) is 0 Å². The number of nitrogens with one attached hydrogen (secondary N) is 1. The summed E-state index contributed by atoms with van der Waals surface area (Å²) in [5.41, 5.74) is 7.38. The van der Waals surface area contributed by atoms with Crippen LogP contribution < -0.4 is 5.73 Å². The molecular weight excluding hydrogens is 296 g/mol. The van der Waals surface area contributed by atoms with Gasteiger partial charge in [-0.2, -0.15) is 0 Å². The fourth-order valence-corrected chi connectivity index (χ4v) is 2.76. The van der Waals surface area contributed by atoms with Crippen LogP contribution >= 0.6 is 23.4 Å². The molecule has 0 spiro atoms. The molecule has 5 nitrogen and oxygen atoms in total. The minimum Gasteiger partial charge on any atom is -0.431 e. The third-order valence-corrected chi connectivity index (χ3v) is 3.95. The molecule has 7 heteroatoms. The largest absolute Gasteiger partial charge is 0.431 e. The molecule has 0 aliphatic carbocycles. The summed E-state index contributed by atoms with van der Waals surface area (Å²) in [6.45, 7) is 0. The van der Waals surface area contributed by atoms with E-state index in [1.807, 2.05) is 24.3 Å². The van der Waals surface area contributed by atoms with Gasteiger partial charge in [-0.1, -0.05) is 23.7 Å². The van der Waals surface area contributed by atoms with Gasteiger partial charge in [0, 0.05) is 11.8 Å². The minimum atomic E-state index is -0.100. The Labute approximate surface area is 123 Å². The van der Waals surface area contributed by atoms with Crippen LogP contribution in [0.1, 0.15) is 5.56 Å². The first-order valence-corrected chi connectivity index (χ1v) is 6.87. The summed E-state index contributed by atoms with van der Waals surface area (Å²) in [5, 5.41) is 8.73. The first kappa shape index (κ1) is 13.0. The van der Waals surface area contributed by atoms with E-state index in [4.69, 9.17) is 27.2 Å². The summed E-state index contributed by atoms with van der Waals surface area (Å²) in [6, 6.07) is 9.07. The topological polar surface area (TPSA) is 88.8 Å². The van der Waals surface area contributed by atoms with E-state index < -0.39 is 0 Å². The average molecular weight is 305 g/mol. The van der Waals surface area contributed by atoms with Gasteiger partial charge in [0.2, 0.25) is 0 Å². The number of hydrogen-bond donors (Lipinski definition) is 2. The van der Waals surface area contributed by atoms with Gasteiger partial charge in [0.25, 0.3) is 5.22 Å². The minimum absolute atomic E-state index is 0.100. The smallest absolute Gasteiger partial charge is 0.263 e. The first-order chi connectivity index (χ1) is 9.65. The quantitative estimate of drug-likeness (QED) is 0.572. The summed E-state index contributed by atoms with van der Waals surface area (Å²) in [7, 11) is 0. The van der Waals surface area contributed by atoms with E-state index in [0.717, 1.165) is 5.52 Å². The Morgan fingerprint density at radius 1 is 1.30 bits per heavy atom. The van der Waals surface area contributed by atoms with Crippen LogP contribution in [0.15, 0.2) is 51.2 Å². The summed E-state index contributed by atoms with van der Waals surface area (Å²) < 4.78 is 5.60. The van der Waals surface area contributed by atoms with Crippen molar-refractivity contribution < 1.29 is 4.42 Å². The third kappa shape index (κ3) is 2.35. The van der Waals surface area contributed by atoms with Crippen molar-refractivity contribution in [1.29, 1.82) is 5.41 Å². The molecule has 0 bridgehead atoms. The number of amidine groups is 1. The monoisotopic (exact) mass is 304 g/mol. The lowest BCUT2D eigenvalue weighted by molar-refractivity contribution is 0.489. The molecule has 0 fully saturated rings. The molecule has 3 N–H and O–H groups in total. The molecular formula is C13H9ClN4OS. The van der Waals surface area contributed by atoms with Crippen LogP contribution in [-0.4, -0.2) is 15.8 Å². The maximum atomic E-state index is 7.46. The van der Waals surface area contributed by atoms with Gasteiger partial charge in [-0.05, 0) is 30.0 Å². The SMILES string of the molecule is N=C(N)c1ccnc(Sc2nc3ccccc3o2)c1Cl. The second-order valence-corrected chi connectivity index (χ2v) is 5.26. The standard InChI is InChI=1S/C13H9ClN4OS/c14-10-7(11(15)16)5-6-17-12(10)20-13-18-8-3-1-2-4-9(8)19-13/h1-6H,(H3,15,16). The molecule has 0 saturated heterocycles. The van der Waals surface area contributed by atoms with Gasteiger partial charge >= 0.3 is 0 Å². The van der Waals surface area contributed by atoms with Crippen molar-refractivity contribution in [2.24, 2.45) is 5.73 Å². The lowest BCUT2D eigenvalue weighted by Crippen LogP contribution is -2.12. The fourth-order valence-electron chi connectivity index (χ4n) is 1.68. The van der Waals surface area contributed by atoms with E-state index >= 15 is 0 Å². The highest BCUT2D eigenvalue weighted by Gasteiger charge is 2.14. The van der Waals surface area contributed by atoms with E-state index in [1.165, 1.54) is 11.8 Å². The number of halogens is 1. The summed E-state index contributed by atoms with van der Waals surface area (Å²) in [5.74, 6) is -0.100. The number of rotatable bonds is 3. The predicted octanol–water partition coefficient (Wildman–Crippen LogP) is 3.31. The number of para-hydroxylation sites is 2. The predicted molar refractivity (Wildman–Crippen MR) is 78.4 cm³/mol. The highest BCUT2D eigenvalue weighted by molar-refractivity contribution is 7.99. The summed E-state index contributed by atoms with van der Waals surface area (Å²) in [4.78, 5) is 8.50. The van der Waals surface area contributed by atoms with Crippen molar-refractivity contribution in [1.82, 2.24) is 9.97 Å². The molecule has 0 atom stereocenters. The zero-order valence-electron chi connectivity index (χ0n) is 10.1. The van der Waals surface area contributed by atoms with Crippen molar-refractivity contribution in [2.45, 2.75) is 10.2 Å². The van der Waals surface area contributed by atoms with Gasteiger partial charge in [-0.3, -0.25) is 5.41 Å². The Morgan fingerprint density at radius 2 is 2.10 bits per heavy atom. The van der Waals surface area contributed by atoms with Crippen LogP contribution in [0.3, 0.4) is 0 Å². The Hall–Kier alpha value is -2.05. The number of fused-ring (bicyclic) bond motifs is 1. The van der Waals surface area contributed by atoms with Crippen LogP contribution in [0.4, 0.5) is 0 Å². The molecule has 0 amide bonds. The van der Waals surface area contributed by atoms with Crippen LogP contribution in [0, 0.1) is 5.41 Å². The number of nitrogen functional groups attached to an aromatic ring is 1.